The van der Waals surface area contributed by atoms with Gasteiger partial charge in [-0.1, -0.05) is 11.6 Å². The molecule has 6 heteroatoms. The number of ether oxygens (including phenoxy) is 2. The predicted molar refractivity (Wildman–Crippen MR) is 87.2 cm³/mol. The summed E-state index contributed by atoms with van der Waals surface area (Å²) >= 11 is 6.24. The van der Waals surface area contributed by atoms with Crippen molar-refractivity contribution < 1.29 is 14.3 Å². The zero-order valence-electron chi connectivity index (χ0n) is 12.8. The van der Waals surface area contributed by atoms with E-state index in [9.17, 15) is 4.79 Å². The minimum atomic E-state index is -0.180. The number of aryl methyl sites for hydroxylation is 1. The Balaban J connectivity index is 1.71. The van der Waals surface area contributed by atoms with Gasteiger partial charge in [-0.05, 0) is 36.8 Å². The van der Waals surface area contributed by atoms with Crippen molar-refractivity contribution in [1.29, 1.82) is 0 Å². The topological polar surface area (TPSA) is 60.5 Å². The van der Waals surface area contributed by atoms with Crippen molar-refractivity contribution in [3.63, 3.8) is 0 Å². The molecule has 5 nitrogen and oxygen atoms in total. The Morgan fingerprint density at radius 1 is 1.30 bits per heavy atom. The van der Waals surface area contributed by atoms with Crippen LogP contribution in [0.25, 0.3) is 0 Å². The number of fused-ring (bicyclic) bond motifs is 1. The van der Waals surface area contributed by atoms with Crippen molar-refractivity contribution in [1.82, 2.24) is 10.3 Å². The Kier molecular flexibility index (Phi) is 4.67. The highest BCUT2D eigenvalue weighted by Crippen LogP contribution is 2.37. The van der Waals surface area contributed by atoms with Crippen molar-refractivity contribution in [2.24, 2.45) is 0 Å². The Labute approximate surface area is 139 Å². The summed E-state index contributed by atoms with van der Waals surface area (Å²) in [6.07, 6.45) is 2.38. The van der Waals surface area contributed by atoms with Gasteiger partial charge in [0.05, 0.1) is 23.8 Å². The lowest BCUT2D eigenvalue weighted by Crippen LogP contribution is -2.23. The largest absolute Gasteiger partial charge is 0.489 e. The summed E-state index contributed by atoms with van der Waals surface area (Å²) in [6.45, 7) is 3.40. The molecule has 3 rings (SSSR count). The summed E-state index contributed by atoms with van der Waals surface area (Å²) in [5.74, 6) is 1.01. The molecule has 0 fully saturated rings. The number of hydrogen-bond donors (Lipinski definition) is 1. The molecule has 0 radical (unpaired) electrons. The van der Waals surface area contributed by atoms with E-state index in [1.54, 1.807) is 24.4 Å². The molecule has 1 amide bonds. The number of nitrogens with one attached hydrogen (secondary N) is 1. The zero-order chi connectivity index (χ0) is 16.2. The van der Waals surface area contributed by atoms with Gasteiger partial charge in [-0.3, -0.25) is 9.78 Å². The molecule has 0 spiro atoms. The minimum Gasteiger partial charge on any atom is -0.489 e. The van der Waals surface area contributed by atoms with Crippen LogP contribution >= 0.6 is 11.6 Å². The van der Waals surface area contributed by atoms with Crippen molar-refractivity contribution >= 4 is 17.5 Å². The monoisotopic (exact) mass is 332 g/mol. The fraction of sp³-hybridized carbons (Fsp3) is 0.294. The van der Waals surface area contributed by atoms with Crippen molar-refractivity contribution in [2.45, 2.75) is 19.9 Å². The molecule has 1 aliphatic heterocycles. The van der Waals surface area contributed by atoms with E-state index in [-0.39, 0.29) is 5.91 Å². The summed E-state index contributed by atoms with van der Waals surface area (Å²) in [7, 11) is 0. The molecule has 1 aromatic carbocycles. The van der Waals surface area contributed by atoms with Crippen LogP contribution in [-0.2, 0) is 6.54 Å². The van der Waals surface area contributed by atoms with Crippen LogP contribution in [-0.4, -0.2) is 24.1 Å². The molecular formula is C17H17ClN2O3. The van der Waals surface area contributed by atoms with Crippen LogP contribution in [0.1, 0.15) is 28.0 Å². The van der Waals surface area contributed by atoms with Gasteiger partial charge in [-0.15, -0.1) is 0 Å². The Morgan fingerprint density at radius 2 is 2.13 bits per heavy atom. The molecule has 0 aliphatic carbocycles. The lowest BCUT2D eigenvalue weighted by atomic mass is 10.2. The molecule has 2 aromatic rings. The zero-order valence-corrected chi connectivity index (χ0v) is 13.5. The number of carbonyl (C=O) groups excluding carboxylic acids is 1. The van der Waals surface area contributed by atoms with E-state index in [0.717, 1.165) is 17.7 Å². The van der Waals surface area contributed by atoms with Crippen LogP contribution in [0.15, 0.2) is 30.5 Å². The first-order valence-corrected chi connectivity index (χ1v) is 7.80. The number of aromatic nitrogens is 1. The number of pyridine rings is 1. The average molecular weight is 333 g/mol. The molecule has 0 unspecified atom stereocenters. The van der Waals surface area contributed by atoms with E-state index in [2.05, 4.69) is 10.3 Å². The van der Waals surface area contributed by atoms with Gasteiger partial charge in [-0.25, -0.2) is 0 Å². The van der Waals surface area contributed by atoms with Gasteiger partial charge in [0, 0.05) is 24.9 Å². The summed E-state index contributed by atoms with van der Waals surface area (Å²) in [6, 6.07) is 7.18. The molecule has 0 saturated carbocycles. The maximum absolute atomic E-state index is 12.1. The molecule has 0 atom stereocenters. The lowest BCUT2D eigenvalue weighted by molar-refractivity contribution is 0.0950. The van der Waals surface area contributed by atoms with Crippen LogP contribution < -0.4 is 14.8 Å². The third kappa shape index (κ3) is 3.74. The second-order valence-electron chi connectivity index (χ2n) is 5.33. The van der Waals surface area contributed by atoms with Crippen LogP contribution in [0.3, 0.4) is 0 Å². The summed E-state index contributed by atoms with van der Waals surface area (Å²) in [4.78, 5) is 16.2. The molecule has 1 N–H and O–H groups in total. The minimum absolute atomic E-state index is 0.180. The molecule has 1 aliphatic rings. The van der Waals surface area contributed by atoms with Gasteiger partial charge < -0.3 is 14.8 Å². The average Bonchev–Trinajstić information content (AvgIpc) is 2.79. The van der Waals surface area contributed by atoms with Crippen LogP contribution in [0, 0.1) is 6.92 Å². The van der Waals surface area contributed by atoms with E-state index >= 15 is 0 Å². The highest BCUT2D eigenvalue weighted by molar-refractivity contribution is 6.32. The first-order valence-electron chi connectivity index (χ1n) is 7.42. The van der Waals surface area contributed by atoms with E-state index in [1.807, 2.05) is 13.0 Å². The Morgan fingerprint density at radius 3 is 2.91 bits per heavy atom. The third-order valence-corrected chi connectivity index (χ3v) is 3.77. The molecule has 2 heterocycles. The first kappa shape index (κ1) is 15.6. The number of carbonyl (C=O) groups is 1. The standard InChI is InChI=1S/C17H17ClN2O3/c1-11-3-4-13(10-19-11)17(21)20-9-12-7-14(18)16-15(8-12)22-5-2-6-23-16/h3-4,7-8,10H,2,5-6,9H2,1H3,(H,20,21). The number of halogens is 1. The second-order valence-corrected chi connectivity index (χ2v) is 5.73. The van der Waals surface area contributed by atoms with Crippen molar-refractivity contribution in [3.05, 3.63) is 52.3 Å². The van der Waals surface area contributed by atoms with Crippen LogP contribution in [0.2, 0.25) is 5.02 Å². The number of hydrogen-bond acceptors (Lipinski definition) is 4. The predicted octanol–water partition coefficient (Wildman–Crippen LogP) is 3.13. The summed E-state index contributed by atoms with van der Waals surface area (Å²) in [5, 5.41) is 3.34. The van der Waals surface area contributed by atoms with E-state index in [4.69, 9.17) is 21.1 Å². The van der Waals surface area contributed by atoms with Crippen LogP contribution in [0.5, 0.6) is 11.5 Å². The fourth-order valence-corrected chi connectivity index (χ4v) is 2.56. The Bertz CT molecular complexity index is 717. The van der Waals surface area contributed by atoms with Crippen LogP contribution in [0.4, 0.5) is 0 Å². The fourth-order valence-electron chi connectivity index (χ4n) is 2.27. The molecule has 1 aromatic heterocycles. The quantitative estimate of drug-likeness (QED) is 0.938. The Hall–Kier alpha value is -2.27. The maximum Gasteiger partial charge on any atom is 0.253 e. The number of nitrogens with zero attached hydrogens (tertiary/aromatic N) is 1. The van der Waals surface area contributed by atoms with E-state index < -0.39 is 0 Å². The molecule has 0 bridgehead atoms. The van der Waals surface area contributed by atoms with Gasteiger partial charge in [0.2, 0.25) is 0 Å². The highest BCUT2D eigenvalue weighted by Gasteiger charge is 2.16. The molecule has 0 saturated heterocycles. The molecule has 120 valence electrons. The maximum atomic E-state index is 12.1. The van der Waals surface area contributed by atoms with Gasteiger partial charge in [-0.2, -0.15) is 0 Å². The first-order chi connectivity index (χ1) is 11.1. The van der Waals surface area contributed by atoms with E-state index in [0.29, 0.717) is 41.8 Å². The van der Waals surface area contributed by atoms with Gasteiger partial charge >= 0.3 is 0 Å². The normalized spacial score (nSPS) is 13.3. The third-order valence-electron chi connectivity index (χ3n) is 3.49. The number of benzene rings is 1. The number of rotatable bonds is 3. The van der Waals surface area contributed by atoms with Crippen molar-refractivity contribution in [3.8, 4) is 11.5 Å². The lowest BCUT2D eigenvalue weighted by Gasteiger charge is -2.12. The molecular weight excluding hydrogens is 316 g/mol. The highest BCUT2D eigenvalue weighted by atomic mass is 35.5. The van der Waals surface area contributed by atoms with Gasteiger partial charge in [0.25, 0.3) is 5.91 Å². The van der Waals surface area contributed by atoms with Gasteiger partial charge in [0.1, 0.15) is 0 Å². The SMILES string of the molecule is Cc1ccc(C(=O)NCc2cc(Cl)c3c(c2)OCCCO3)cn1. The number of amides is 1. The second kappa shape index (κ2) is 6.87. The summed E-state index contributed by atoms with van der Waals surface area (Å²) < 4.78 is 11.2. The van der Waals surface area contributed by atoms with Crippen molar-refractivity contribution in [2.75, 3.05) is 13.2 Å². The van der Waals surface area contributed by atoms with Gasteiger partial charge in [0.15, 0.2) is 11.5 Å². The van der Waals surface area contributed by atoms with E-state index in [1.165, 1.54) is 0 Å². The smallest absolute Gasteiger partial charge is 0.253 e. The molecule has 23 heavy (non-hydrogen) atoms. The summed E-state index contributed by atoms with van der Waals surface area (Å²) in [5.41, 5.74) is 2.25.